The summed E-state index contributed by atoms with van der Waals surface area (Å²) < 4.78 is 17.7. The van der Waals surface area contributed by atoms with E-state index >= 15 is 0 Å². The largest absolute Gasteiger partial charge is 0.467 e. The Morgan fingerprint density at radius 2 is 2.00 bits per heavy atom. The lowest BCUT2D eigenvalue weighted by Gasteiger charge is -2.21. The van der Waals surface area contributed by atoms with E-state index in [1.165, 1.54) is 31.4 Å². The smallest absolute Gasteiger partial charge is 0.328 e. The van der Waals surface area contributed by atoms with Crippen molar-refractivity contribution in [1.82, 2.24) is 25.5 Å². The number of hydrogen-bond donors (Lipinski definition) is 1. The van der Waals surface area contributed by atoms with Crippen molar-refractivity contribution in [2.24, 2.45) is 5.92 Å². The first-order chi connectivity index (χ1) is 11.9. The standard InChI is InChI=1S/C16H20FN5O3/c1-4-10(2)14(16(24)25-3)18-13(23)9-22-20-15(19-21-22)11-5-7-12(17)8-6-11/h5-8,10,14H,4,9H2,1-3H3,(H,18,23)/t10-,14+/m1/s1. The molecule has 1 aromatic carbocycles. The molecule has 0 saturated carbocycles. The molecule has 1 aromatic heterocycles. The Kier molecular flexibility index (Phi) is 6.15. The number of halogens is 1. The van der Waals surface area contributed by atoms with Crippen LogP contribution in [0.4, 0.5) is 4.39 Å². The molecule has 0 bridgehead atoms. The molecule has 9 heteroatoms. The fourth-order valence-electron chi connectivity index (χ4n) is 2.17. The van der Waals surface area contributed by atoms with Crippen LogP contribution >= 0.6 is 0 Å². The van der Waals surface area contributed by atoms with Crippen LogP contribution in [-0.4, -0.2) is 45.2 Å². The highest BCUT2D eigenvalue weighted by atomic mass is 19.1. The number of esters is 1. The summed E-state index contributed by atoms with van der Waals surface area (Å²) in [6.07, 6.45) is 0.705. The first-order valence-electron chi connectivity index (χ1n) is 7.85. The molecule has 8 nitrogen and oxygen atoms in total. The molecule has 0 saturated heterocycles. The van der Waals surface area contributed by atoms with Crippen LogP contribution in [0.15, 0.2) is 24.3 Å². The van der Waals surface area contributed by atoms with Crippen LogP contribution < -0.4 is 5.32 Å². The molecule has 0 fully saturated rings. The number of aromatic nitrogens is 4. The number of methoxy groups -OCH3 is 1. The number of rotatable bonds is 7. The second-order valence-corrected chi connectivity index (χ2v) is 5.60. The molecule has 0 unspecified atom stereocenters. The average Bonchev–Trinajstić information content (AvgIpc) is 3.07. The van der Waals surface area contributed by atoms with E-state index in [2.05, 4.69) is 20.7 Å². The average molecular weight is 349 g/mol. The van der Waals surface area contributed by atoms with Crippen LogP contribution in [0.25, 0.3) is 11.4 Å². The topological polar surface area (TPSA) is 99.0 Å². The molecule has 1 N–H and O–H groups in total. The van der Waals surface area contributed by atoms with Crippen LogP contribution in [0.5, 0.6) is 0 Å². The lowest BCUT2D eigenvalue weighted by molar-refractivity contribution is -0.146. The molecular formula is C16H20FN5O3. The third-order valence-corrected chi connectivity index (χ3v) is 3.82. The van der Waals surface area contributed by atoms with Crippen LogP contribution in [0, 0.1) is 11.7 Å². The van der Waals surface area contributed by atoms with Crippen molar-refractivity contribution in [1.29, 1.82) is 0 Å². The maximum atomic E-state index is 12.9. The number of amides is 1. The predicted octanol–water partition coefficient (Wildman–Crippen LogP) is 1.18. The zero-order valence-electron chi connectivity index (χ0n) is 14.3. The Balaban J connectivity index is 2.03. The predicted molar refractivity (Wildman–Crippen MR) is 86.6 cm³/mol. The molecule has 2 rings (SSSR count). The van der Waals surface area contributed by atoms with Crippen molar-refractivity contribution >= 4 is 11.9 Å². The second-order valence-electron chi connectivity index (χ2n) is 5.60. The number of carbonyl (C=O) groups is 2. The van der Waals surface area contributed by atoms with E-state index in [0.29, 0.717) is 12.0 Å². The van der Waals surface area contributed by atoms with E-state index in [0.717, 1.165) is 4.80 Å². The van der Waals surface area contributed by atoms with Crippen molar-refractivity contribution in [3.8, 4) is 11.4 Å². The van der Waals surface area contributed by atoms with Crippen molar-refractivity contribution in [2.45, 2.75) is 32.9 Å². The summed E-state index contributed by atoms with van der Waals surface area (Å²) in [5, 5.41) is 14.3. The van der Waals surface area contributed by atoms with Crippen LogP contribution in [0.1, 0.15) is 20.3 Å². The minimum atomic E-state index is -0.734. The van der Waals surface area contributed by atoms with E-state index in [1.54, 1.807) is 0 Å². The number of carbonyl (C=O) groups excluding carboxylic acids is 2. The van der Waals surface area contributed by atoms with E-state index < -0.39 is 17.9 Å². The monoisotopic (exact) mass is 349 g/mol. The number of benzene rings is 1. The van der Waals surface area contributed by atoms with Gasteiger partial charge in [-0.1, -0.05) is 20.3 Å². The van der Waals surface area contributed by atoms with Crippen molar-refractivity contribution in [3.63, 3.8) is 0 Å². The molecule has 0 spiro atoms. The van der Waals surface area contributed by atoms with Crippen LogP contribution in [0.3, 0.4) is 0 Å². The highest BCUT2D eigenvalue weighted by Gasteiger charge is 2.26. The van der Waals surface area contributed by atoms with Crippen molar-refractivity contribution in [2.75, 3.05) is 7.11 Å². The van der Waals surface area contributed by atoms with Crippen molar-refractivity contribution < 1.29 is 18.7 Å². The van der Waals surface area contributed by atoms with E-state index in [9.17, 15) is 14.0 Å². The Bertz CT molecular complexity index is 732. The summed E-state index contributed by atoms with van der Waals surface area (Å²) in [6.45, 7) is 3.57. The van der Waals surface area contributed by atoms with Gasteiger partial charge in [0.1, 0.15) is 18.4 Å². The van der Waals surface area contributed by atoms with Gasteiger partial charge in [0.05, 0.1) is 7.11 Å². The molecular weight excluding hydrogens is 329 g/mol. The highest BCUT2D eigenvalue weighted by Crippen LogP contribution is 2.13. The summed E-state index contributed by atoms with van der Waals surface area (Å²) in [5.41, 5.74) is 0.583. The van der Waals surface area contributed by atoms with Gasteiger partial charge in [-0.05, 0) is 35.4 Å². The minimum absolute atomic E-state index is 0.0742. The number of tetrazole rings is 1. The number of nitrogens with one attached hydrogen (secondary N) is 1. The van der Waals surface area contributed by atoms with E-state index in [-0.39, 0.29) is 24.1 Å². The Morgan fingerprint density at radius 3 is 2.60 bits per heavy atom. The second kappa shape index (κ2) is 8.32. The summed E-state index contributed by atoms with van der Waals surface area (Å²) in [5.74, 6) is -1.09. The fourth-order valence-corrected chi connectivity index (χ4v) is 2.17. The summed E-state index contributed by atoms with van der Waals surface area (Å²) in [7, 11) is 1.28. The minimum Gasteiger partial charge on any atom is -0.467 e. The van der Waals surface area contributed by atoms with Crippen molar-refractivity contribution in [3.05, 3.63) is 30.1 Å². The lowest BCUT2D eigenvalue weighted by atomic mass is 9.99. The van der Waals surface area contributed by atoms with E-state index in [4.69, 9.17) is 4.74 Å². The van der Waals surface area contributed by atoms with Crippen LogP contribution in [0.2, 0.25) is 0 Å². The number of ether oxygens (including phenoxy) is 1. The normalized spacial score (nSPS) is 13.1. The SMILES string of the molecule is CC[C@@H](C)[C@H](NC(=O)Cn1nnc(-c2ccc(F)cc2)n1)C(=O)OC. The first-order valence-corrected chi connectivity index (χ1v) is 7.85. The van der Waals surface area contributed by atoms with Gasteiger partial charge in [0.15, 0.2) is 0 Å². The molecule has 2 atom stereocenters. The molecule has 0 radical (unpaired) electrons. The summed E-state index contributed by atoms with van der Waals surface area (Å²) >= 11 is 0. The molecule has 0 aliphatic carbocycles. The quantitative estimate of drug-likeness (QED) is 0.754. The Morgan fingerprint density at radius 1 is 1.32 bits per heavy atom. The fraction of sp³-hybridized carbons (Fsp3) is 0.438. The van der Waals surface area contributed by atoms with Gasteiger partial charge >= 0.3 is 5.97 Å². The summed E-state index contributed by atoms with van der Waals surface area (Å²) in [4.78, 5) is 25.1. The van der Waals surface area contributed by atoms with Gasteiger partial charge < -0.3 is 10.1 Å². The summed E-state index contributed by atoms with van der Waals surface area (Å²) in [6, 6.07) is 4.88. The first kappa shape index (κ1) is 18.5. The maximum Gasteiger partial charge on any atom is 0.328 e. The lowest BCUT2D eigenvalue weighted by Crippen LogP contribution is -2.46. The van der Waals surface area contributed by atoms with Gasteiger partial charge in [0.2, 0.25) is 11.7 Å². The molecule has 0 aliphatic heterocycles. The van der Waals surface area contributed by atoms with Crippen LogP contribution in [-0.2, 0) is 20.9 Å². The molecule has 134 valence electrons. The molecule has 2 aromatic rings. The Labute approximate surface area is 144 Å². The zero-order valence-corrected chi connectivity index (χ0v) is 14.3. The third kappa shape index (κ3) is 4.82. The molecule has 1 amide bonds. The highest BCUT2D eigenvalue weighted by molar-refractivity contribution is 5.84. The number of nitrogens with zero attached hydrogens (tertiary/aromatic N) is 4. The van der Waals surface area contributed by atoms with Gasteiger partial charge in [-0.2, -0.15) is 4.80 Å². The Hall–Kier alpha value is -2.84. The molecule has 25 heavy (non-hydrogen) atoms. The molecule has 1 heterocycles. The van der Waals surface area contributed by atoms with Gasteiger partial charge in [-0.15, -0.1) is 10.2 Å². The maximum absolute atomic E-state index is 12.9. The third-order valence-electron chi connectivity index (χ3n) is 3.82. The van der Waals surface area contributed by atoms with Gasteiger partial charge in [0, 0.05) is 5.56 Å². The number of hydrogen-bond acceptors (Lipinski definition) is 6. The van der Waals surface area contributed by atoms with Gasteiger partial charge in [-0.25, -0.2) is 9.18 Å². The van der Waals surface area contributed by atoms with Gasteiger partial charge in [-0.3, -0.25) is 4.79 Å². The van der Waals surface area contributed by atoms with E-state index in [1.807, 2.05) is 13.8 Å². The molecule has 0 aliphatic rings. The zero-order chi connectivity index (χ0) is 18.4. The van der Waals surface area contributed by atoms with Gasteiger partial charge in [0.25, 0.3) is 0 Å².